The Morgan fingerprint density at radius 2 is 1.90 bits per heavy atom. The van der Waals surface area contributed by atoms with Crippen LogP contribution >= 0.6 is 12.4 Å². The third-order valence-electron chi connectivity index (χ3n) is 4.00. The minimum atomic E-state index is 0. The van der Waals surface area contributed by atoms with Crippen LogP contribution in [-0.4, -0.2) is 23.2 Å². The fourth-order valence-electron chi connectivity index (χ4n) is 2.67. The van der Waals surface area contributed by atoms with Crippen molar-refractivity contribution >= 4 is 12.4 Å². The molecule has 1 aliphatic heterocycles. The highest BCUT2D eigenvalue weighted by atomic mass is 35.5. The third-order valence-corrected chi connectivity index (χ3v) is 4.00. The largest absolute Gasteiger partial charge is 0.339 e. The molecule has 1 aromatic heterocycles. The van der Waals surface area contributed by atoms with Crippen molar-refractivity contribution in [3.05, 3.63) is 35.7 Å². The van der Waals surface area contributed by atoms with E-state index in [4.69, 9.17) is 4.52 Å². The number of halogens is 1. The molecule has 0 radical (unpaired) electrons. The zero-order valence-electron chi connectivity index (χ0n) is 12.3. The number of piperidine rings is 1. The highest BCUT2D eigenvalue weighted by Crippen LogP contribution is 2.20. The van der Waals surface area contributed by atoms with E-state index in [9.17, 15) is 0 Å². The van der Waals surface area contributed by atoms with Gasteiger partial charge in [-0.3, -0.25) is 0 Å². The molecule has 5 heteroatoms. The van der Waals surface area contributed by atoms with E-state index < -0.39 is 0 Å². The molecule has 1 fully saturated rings. The molecule has 2 aromatic rings. The predicted octanol–water partition coefficient (Wildman–Crippen LogP) is 3.40. The van der Waals surface area contributed by atoms with Gasteiger partial charge < -0.3 is 9.84 Å². The zero-order chi connectivity index (χ0) is 13.8. The first kappa shape index (κ1) is 16.0. The smallest absolute Gasteiger partial charge is 0.226 e. The van der Waals surface area contributed by atoms with Crippen LogP contribution in [0.15, 0.2) is 28.8 Å². The van der Waals surface area contributed by atoms with Crippen LogP contribution in [0.25, 0.3) is 11.4 Å². The molecule has 1 saturated heterocycles. The van der Waals surface area contributed by atoms with Gasteiger partial charge in [-0.05, 0) is 45.2 Å². The van der Waals surface area contributed by atoms with Crippen molar-refractivity contribution in [2.75, 3.05) is 13.1 Å². The minimum Gasteiger partial charge on any atom is -0.339 e. The van der Waals surface area contributed by atoms with Crippen molar-refractivity contribution in [3.63, 3.8) is 0 Å². The highest BCUT2D eigenvalue weighted by molar-refractivity contribution is 5.85. The van der Waals surface area contributed by atoms with Gasteiger partial charge in [0.25, 0.3) is 0 Å². The second-order valence-electron chi connectivity index (χ2n) is 5.61. The second kappa shape index (κ2) is 7.57. The molecule has 0 amide bonds. The second-order valence-corrected chi connectivity index (χ2v) is 5.61. The maximum absolute atomic E-state index is 5.36. The molecule has 0 aliphatic carbocycles. The van der Waals surface area contributed by atoms with E-state index in [2.05, 4.69) is 34.5 Å². The molecule has 21 heavy (non-hydrogen) atoms. The Labute approximate surface area is 131 Å². The molecule has 0 atom stereocenters. The molecule has 114 valence electrons. The highest BCUT2D eigenvalue weighted by Gasteiger charge is 2.15. The van der Waals surface area contributed by atoms with Crippen LogP contribution in [0.3, 0.4) is 0 Å². The van der Waals surface area contributed by atoms with Crippen LogP contribution in [0.4, 0.5) is 0 Å². The standard InChI is InChI=1S/C16H21N3O.ClH/c1-12-2-5-14(6-3-12)16-18-15(20-19-16)7-4-13-8-10-17-11-9-13;/h2-3,5-6,13,17H,4,7-11H2,1H3;1H. The van der Waals surface area contributed by atoms with Gasteiger partial charge in [0.15, 0.2) is 0 Å². The summed E-state index contributed by atoms with van der Waals surface area (Å²) in [6.07, 6.45) is 4.57. The monoisotopic (exact) mass is 307 g/mol. The first-order valence-electron chi connectivity index (χ1n) is 7.41. The predicted molar refractivity (Wildman–Crippen MR) is 85.6 cm³/mol. The van der Waals surface area contributed by atoms with E-state index in [0.29, 0.717) is 5.82 Å². The topological polar surface area (TPSA) is 51.0 Å². The van der Waals surface area contributed by atoms with E-state index in [1.54, 1.807) is 0 Å². The fourth-order valence-corrected chi connectivity index (χ4v) is 2.67. The normalized spacial score (nSPS) is 15.7. The number of benzene rings is 1. The Morgan fingerprint density at radius 1 is 1.19 bits per heavy atom. The lowest BCUT2D eigenvalue weighted by atomic mass is 9.93. The molecular formula is C16H22ClN3O. The summed E-state index contributed by atoms with van der Waals surface area (Å²) in [6.45, 7) is 4.36. The Bertz CT molecular complexity index is 547. The van der Waals surface area contributed by atoms with Gasteiger partial charge in [-0.15, -0.1) is 12.4 Å². The number of hydrogen-bond donors (Lipinski definition) is 1. The Kier molecular flexibility index (Phi) is 5.76. The van der Waals surface area contributed by atoms with Gasteiger partial charge in [-0.2, -0.15) is 4.98 Å². The molecule has 1 aromatic carbocycles. The molecule has 0 bridgehead atoms. The van der Waals surface area contributed by atoms with E-state index in [-0.39, 0.29) is 12.4 Å². The van der Waals surface area contributed by atoms with Gasteiger partial charge in [0.1, 0.15) is 0 Å². The quantitative estimate of drug-likeness (QED) is 0.940. The Morgan fingerprint density at radius 3 is 2.62 bits per heavy atom. The number of rotatable bonds is 4. The van der Waals surface area contributed by atoms with Gasteiger partial charge in [-0.25, -0.2) is 0 Å². The van der Waals surface area contributed by atoms with Crippen LogP contribution in [0.2, 0.25) is 0 Å². The maximum atomic E-state index is 5.36. The number of nitrogens with zero attached hydrogens (tertiary/aromatic N) is 2. The van der Waals surface area contributed by atoms with Gasteiger partial charge >= 0.3 is 0 Å². The summed E-state index contributed by atoms with van der Waals surface area (Å²) >= 11 is 0. The average Bonchev–Trinajstić information content (AvgIpc) is 2.96. The summed E-state index contributed by atoms with van der Waals surface area (Å²) in [5.74, 6) is 2.26. The van der Waals surface area contributed by atoms with Crippen LogP contribution < -0.4 is 5.32 Å². The Balaban J connectivity index is 0.00000161. The summed E-state index contributed by atoms with van der Waals surface area (Å²) in [7, 11) is 0. The number of hydrogen-bond acceptors (Lipinski definition) is 4. The summed E-state index contributed by atoms with van der Waals surface area (Å²) < 4.78 is 5.36. The summed E-state index contributed by atoms with van der Waals surface area (Å²) in [5, 5.41) is 7.47. The van der Waals surface area contributed by atoms with Crippen LogP contribution in [0.5, 0.6) is 0 Å². The van der Waals surface area contributed by atoms with Crippen molar-refractivity contribution in [2.45, 2.75) is 32.6 Å². The molecular weight excluding hydrogens is 286 g/mol. The lowest BCUT2D eigenvalue weighted by molar-refractivity contribution is 0.324. The van der Waals surface area contributed by atoms with E-state index in [1.165, 1.54) is 18.4 Å². The first-order valence-corrected chi connectivity index (χ1v) is 7.41. The minimum absolute atomic E-state index is 0. The maximum Gasteiger partial charge on any atom is 0.226 e. The number of aryl methyl sites for hydroxylation is 2. The fraction of sp³-hybridized carbons (Fsp3) is 0.500. The van der Waals surface area contributed by atoms with E-state index in [0.717, 1.165) is 43.3 Å². The summed E-state index contributed by atoms with van der Waals surface area (Å²) in [5.41, 5.74) is 2.26. The van der Waals surface area contributed by atoms with Crippen LogP contribution in [0.1, 0.15) is 30.7 Å². The molecule has 4 nitrogen and oxygen atoms in total. The first-order chi connectivity index (χ1) is 9.81. The van der Waals surface area contributed by atoms with Crippen LogP contribution in [0, 0.1) is 12.8 Å². The van der Waals surface area contributed by atoms with Crippen molar-refractivity contribution in [3.8, 4) is 11.4 Å². The van der Waals surface area contributed by atoms with Crippen molar-refractivity contribution in [1.82, 2.24) is 15.5 Å². The summed E-state index contributed by atoms with van der Waals surface area (Å²) in [4.78, 5) is 4.50. The summed E-state index contributed by atoms with van der Waals surface area (Å²) in [6, 6.07) is 8.22. The van der Waals surface area contributed by atoms with Gasteiger partial charge in [0, 0.05) is 12.0 Å². The van der Waals surface area contributed by atoms with Gasteiger partial charge in [0.2, 0.25) is 11.7 Å². The molecule has 3 rings (SSSR count). The van der Waals surface area contributed by atoms with Crippen molar-refractivity contribution < 1.29 is 4.52 Å². The van der Waals surface area contributed by atoms with Crippen molar-refractivity contribution in [2.24, 2.45) is 5.92 Å². The molecule has 2 heterocycles. The van der Waals surface area contributed by atoms with Gasteiger partial charge in [0.05, 0.1) is 0 Å². The van der Waals surface area contributed by atoms with E-state index >= 15 is 0 Å². The molecule has 1 N–H and O–H groups in total. The van der Waals surface area contributed by atoms with E-state index in [1.807, 2.05) is 12.1 Å². The SMILES string of the molecule is Cc1ccc(-c2noc(CCC3CCNCC3)n2)cc1.Cl. The molecule has 0 unspecified atom stereocenters. The molecule has 0 spiro atoms. The third kappa shape index (κ3) is 4.29. The molecule has 1 aliphatic rings. The van der Waals surface area contributed by atoms with Gasteiger partial charge in [-0.1, -0.05) is 35.0 Å². The average molecular weight is 308 g/mol. The van der Waals surface area contributed by atoms with Crippen molar-refractivity contribution in [1.29, 1.82) is 0 Å². The lowest BCUT2D eigenvalue weighted by Gasteiger charge is -2.21. The number of aromatic nitrogens is 2. The van der Waals surface area contributed by atoms with Crippen LogP contribution in [-0.2, 0) is 6.42 Å². The lowest BCUT2D eigenvalue weighted by Crippen LogP contribution is -2.27. The number of nitrogens with one attached hydrogen (secondary N) is 1. The zero-order valence-corrected chi connectivity index (χ0v) is 13.2. The molecule has 0 saturated carbocycles. The Hall–Kier alpha value is -1.39.